The Morgan fingerprint density at radius 3 is 2.37 bits per heavy atom. The van der Waals surface area contributed by atoms with E-state index in [4.69, 9.17) is 4.74 Å². The highest BCUT2D eigenvalue weighted by Crippen LogP contribution is 2.39. The van der Waals surface area contributed by atoms with Crippen LogP contribution in [0.3, 0.4) is 0 Å². The lowest BCUT2D eigenvalue weighted by Crippen LogP contribution is -2.46. The Hall–Kier alpha value is -2.29. The molecule has 2 amide bonds. The molecular formula is C21H28F3N3O3. The topological polar surface area (TPSA) is 70.7 Å². The van der Waals surface area contributed by atoms with Gasteiger partial charge in [-0.15, -0.1) is 0 Å². The number of amides is 2. The quantitative estimate of drug-likeness (QED) is 0.754. The summed E-state index contributed by atoms with van der Waals surface area (Å²) in [6.45, 7) is 4.09. The number of hydrogen-bond donors (Lipinski definition) is 2. The molecule has 1 aliphatic heterocycles. The first-order valence-corrected chi connectivity index (χ1v) is 10.3. The predicted molar refractivity (Wildman–Crippen MR) is 107 cm³/mol. The standard InChI is InChI=1S/C21H28F3N3O3/c1-13-11-27(12-14(2)30-13)18-8-7-16(9-17(18)21(22,23)24)26-19(28)10-25-20(29)15-5-3-4-6-15/h7-9,13-15H,3-6,10-12H2,1-2H3,(H,25,29)(H,26,28). The summed E-state index contributed by atoms with van der Waals surface area (Å²) in [5, 5.41) is 5.02. The van der Waals surface area contributed by atoms with E-state index < -0.39 is 17.6 Å². The number of rotatable bonds is 5. The van der Waals surface area contributed by atoms with Crippen molar-refractivity contribution in [2.45, 2.75) is 57.9 Å². The van der Waals surface area contributed by atoms with Gasteiger partial charge >= 0.3 is 6.18 Å². The molecule has 2 aliphatic rings. The average molecular weight is 427 g/mol. The maximum Gasteiger partial charge on any atom is 0.418 e. The van der Waals surface area contributed by atoms with Gasteiger partial charge in [0, 0.05) is 30.4 Å². The normalized spacial score (nSPS) is 22.8. The molecule has 1 saturated carbocycles. The molecule has 1 saturated heterocycles. The van der Waals surface area contributed by atoms with Crippen molar-refractivity contribution in [1.82, 2.24) is 5.32 Å². The smallest absolute Gasteiger partial charge is 0.372 e. The Balaban J connectivity index is 1.68. The number of anilines is 2. The maximum absolute atomic E-state index is 13.7. The zero-order valence-electron chi connectivity index (χ0n) is 17.2. The van der Waals surface area contributed by atoms with Crippen molar-refractivity contribution in [1.29, 1.82) is 0 Å². The van der Waals surface area contributed by atoms with Crippen LogP contribution in [-0.4, -0.2) is 43.7 Å². The molecule has 1 heterocycles. The largest absolute Gasteiger partial charge is 0.418 e. The number of hydrogen-bond acceptors (Lipinski definition) is 4. The summed E-state index contributed by atoms with van der Waals surface area (Å²) >= 11 is 0. The van der Waals surface area contributed by atoms with E-state index in [1.54, 1.807) is 4.90 Å². The van der Waals surface area contributed by atoms with E-state index in [1.807, 2.05) is 13.8 Å². The van der Waals surface area contributed by atoms with Crippen LogP contribution >= 0.6 is 0 Å². The highest BCUT2D eigenvalue weighted by Gasteiger charge is 2.37. The molecule has 2 N–H and O–H groups in total. The molecular weight excluding hydrogens is 399 g/mol. The van der Waals surface area contributed by atoms with Crippen molar-refractivity contribution in [3.05, 3.63) is 23.8 Å². The third kappa shape index (κ3) is 5.65. The predicted octanol–water partition coefficient (Wildman–Crippen LogP) is 3.56. The zero-order valence-corrected chi connectivity index (χ0v) is 17.2. The van der Waals surface area contributed by atoms with Crippen molar-refractivity contribution < 1.29 is 27.5 Å². The highest BCUT2D eigenvalue weighted by molar-refractivity contribution is 5.95. The van der Waals surface area contributed by atoms with E-state index in [9.17, 15) is 22.8 Å². The lowest BCUT2D eigenvalue weighted by atomic mass is 10.1. The summed E-state index contributed by atoms with van der Waals surface area (Å²) in [4.78, 5) is 25.8. The molecule has 6 nitrogen and oxygen atoms in total. The summed E-state index contributed by atoms with van der Waals surface area (Å²) in [6, 6.07) is 3.77. The van der Waals surface area contributed by atoms with Crippen LogP contribution in [0.15, 0.2) is 18.2 Å². The Bertz CT molecular complexity index is 768. The fraction of sp³-hybridized carbons (Fsp3) is 0.619. The van der Waals surface area contributed by atoms with E-state index in [-0.39, 0.29) is 42.0 Å². The summed E-state index contributed by atoms with van der Waals surface area (Å²) in [6.07, 6.45) is -1.33. The van der Waals surface area contributed by atoms with E-state index in [1.165, 1.54) is 12.1 Å². The van der Waals surface area contributed by atoms with Crippen LogP contribution in [0.5, 0.6) is 0 Å². The first kappa shape index (κ1) is 22.4. The minimum Gasteiger partial charge on any atom is -0.372 e. The van der Waals surface area contributed by atoms with Gasteiger partial charge in [-0.3, -0.25) is 9.59 Å². The van der Waals surface area contributed by atoms with Crippen LogP contribution in [0.1, 0.15) is 45.1 Å². The number of morpholine rings is 1. The fourth-order valence-electron chi connectivity index (χ4n) is 4.20. The molecule has 0 radical (unpaired) electrons. The number of benzene rings is 1. The second kappa shape index (κ2) is 9.24. The first-order valence-electron chi connectivity index (χ1n) is 10.3. The van der Waals surface area contributed by atoms with Crippen LogP contribution in [-0.2, 0) is 20.5 Å². The Labute approximate surface area is 174 Å². The minimum atomic E-state index is -4.57. The van der Waals surface area contributed by atoms with Crippen molar-refractivity contribution in [3.8, 4) is 0 Å². The van der Waals surface area contributed by atoms with Gasteiger partial charge in [0.15, 0.2) is 0 Å². The van der Waals surface area contributed by atoms with Gasteiger partial charge in [-0.25, -0.2) is 0 Å². The van der Waals surface area contributed by atoms with Crippen molar-refractivity contribution >= 4 is 23.2 Å². The van der Waals surface area contributed by atoms with Crippen LogP contribution in [0, 0.1) is 5.92 Å². The van der Waals surface area contributed by atoms with Crippen molar-refractivity contribution in [2.75, 3.05) is 29.9 Å². The lowest BCUT2D eigenvalue weighted by molar-refractivity contribution is -0.137. The maximum atomic E-state index is 13.7. The number of alkyl halides is 3. The molecule has 3 rings (SSSR count). The van der Waals surface area contributed by atoms with Gasteiger partial charge in [0.05, 0.1) is 24.3 Å². The van der Waals surface area contributed by atoms with Crippen molar-refractivity contribution in [2.24, 2.45) is 5.92 Å². The van der Waals surface area contributed by atoms with Crippen LogP contribution in [0.25, 0.3) is 0 Å². The third-order valence-electron chi connectivity index (χ3n) is 5.50. The van der Waals surface area contributed by atoms with Gasteiger partial charge in [-0.1, -0.05) is 12.8 Å². The summed E-state index contributed by atoms with van der Waals surface area (Å²) in [5.74, 6) is -0.812. The Morgan fingerprint density at radius 1 is 1.13 bits per heavy atom. The molecule has 0 spiro atoms. The van der Waals surface area contributed by atoms with E-state index in [0.717, 1.165) is 31.7 Å². The number of carbonyl (C=O) groups is 2. The zero-order chi connectivity index (χ0) is 21.9. The van der Waals surface area contributed by atoms with Gasteiger partial charge < -0.3 is 20.3 Å². The number of nitrogens with zero attached hydrogens (tertiary/aromatic N) is 1. The third-order valence-corrected chi connectivity index (χ3v) is 5.50. The van der Waals surface area contributed by atoms with Gasteiger partial charge in [0.1, 0.15) is 0 Å². The summed E-state index contributed by atoms with van der Waals surface area (Å²) < 4.78 is 46.8. The first-order chi connectivity index (χ1) is 14.1. The van der Waals surface area contributed by atoms with E-state index in [0.29, 0.717) is 13.1 Å². The number of halogens is 3. The van der Waals surface area contributed by atoms with Gasteiger partial charge in [0.25, 0.3) is 0 Å². The molecule has 2 atom stereocenters. The number of carbonyl (C=O) groups excluding carboxylic acids is 2. The van der Waals surface area contributed by atoms with E-state index >= 15 is 0 Å². The van der Waals surface area contributed by atoms with Gasteiger partial charge in [0.2, 0.25) is 11.8 Å². The molecule has 0 aromatic heterocycles. The number of ether oxygens (including phenoxy) is 1. The fourth-order valence-corrected chi connectivity index (χ4v) is 4.20. The molecule has 30 heavy (non-hydrogen) atoms. The molecule has 1 aromatic rings. The van der Waals surface area contributed by atoms with Gasteiger partial charge in [-0.05, 0) is 44.9 Å². The molecule has 2 fully saturated rings. The monoisotopic (exact) mass is 427 g/mol. The van der Waals surface area contributed by atoms with Crippen molar-refractivity contribution in [3.63, 3.8) is 0 Å². The molecule has 1 aliphatic carbocycles. The number of nitrogens with one attached hydrogen (secondary N) is 2. The Kier molecular flexibility index (Phi) is 6.90. The lowest BCUT2D eigenvalue weighted by Gasteiger charge is -2.38. The summed E-state index contributed by atoms with van der Waals surface area (Å²) in [5.41, 5.74) is -0.700. The second-order valence-electron chi connectivity index (χ2n) is 8.14. The molecule has 166 valence electrons. The minimum absolute atomic E-state index is 0.0422. The van der Waals surface area contributed by atoms with Crippen LogP contribution in [0.2, 0.25) is 0 Å². The van der Waals surface area contributed by atoms with Gasteiger partial charge in [-0.2, -0.15) is 13.2 Å². The van der Waals surface area contributed by atoms with Crippen LogP contribution < -0.4 is 15.5 Å². The Morgan fingerprint density at radius 2 is 1.77 bits per heavy atom. The highest BCUT2D eigenvalue weighted by atomic mass is 19.4. The second-order valence-corrected chi connectivity index (χ2v) is 8.14. The molecule has 0 bridgehead atoms. The summed E-state index contributed by atoms with van der Waals surface area (Å²) in [7, 11) is 0. The molecule has 1 aromatic carbocycles. The van der Waals surface area contributed by atoms with E-state index in [2.05, 4.69) is 10.6 Å². The van der Waals surface area contributed by atoms with Crippen LogP contribution in [0.4, 0.5) is 24.5 Å². The molecule has 9 heteroatoms. The average Bonchev–Trinajstić information content (AvgIpc) is 3.19. The SMILES string of the molecule is CC1CN(c2ccc(NC(=O)CNC(=O)C3CCCC3)cc2C(F)(F)F)CC(C)O1. The molecule has 2 unspecified atom stereocenters.